The number of hydrogen-bond acceptors (Lipinski definition) is 4. The number of nitriles is 1. The predicted molar refractivity (Wildman–Crippen MR) is 108 cm³/mol. The Morgan fingerprint density at radius 3 is 2.54 bits per heavy atom. The number of halogens is 1. The number of nitrogens with one attached hydrogen (secondary N) is 1. The van der Waals surface area contributed by atoms with Crippen molar-refractivity contribution in [2.45, 2.75) is 18.0 Å². The van der Waals surface area contributed by atoms with Gasteiger partial charge in [0.25, 0.3) is 0 Å². The molecule has 4 nitrogen and oxygen atoms in total. The first-order valence-corrected chi connectivity index (χ1v) is 9.69. The van der Waals surface area contributed by atoms with Crippen LogP contribution in [0, 0.1) is 17.1 Å². The molecule has 1 N–H and O–H groups in total. The Morgan fingerprint density at radius 1 is 1.14 bits per heavy atom. The van der Waals surface area contributed by atoms with Crippen LogP contribution in [0.4, 0.5) is 4.39 Å². The molecule has 6 heteroatoms. The van der Waals surface area contributed by atoms with E-state index in [0.29, 0.717) is 16.3 Å². The van der Waals surface area contributed by atoms with E-state index in [9.17, 15) is 14.4 Å². The van der Waals surface area contributed by atoms with Gasteiger partial charge in [0.2, 0.25) is 5.91 Å². The van der Waals surface area contributed by atoms with Crippen LogP contribution in [-0.2, 0) is 4.79 Å². The lowest BCUT2D eigenvalue weighted by atomic mass is 10.1. The number of pyridine rings is 1. The van der Waals surface area contributed by atoms with Gasteiger partial charge in [-0.1, -0.05) is 42.1 Å². The van der Waals surface area contributed by atoms with Crippen LogP contribution in [0.2, 0.25) is 0 Å². The second kappa shape index (κ2) is 9.16. The zero-order valence-electron chi connectivity index (χ0n) is 15.2. The highest BCUT2D eigenvalue weighted by Gasteiger charge is 2.13. The summed E-state index contributed by atoms with van der Waals surface area (Å²) in [7, 11) is 0. The Hall–Kier alpha value is -3.17. The number of thioether (sulfide) groups is 1. The molecule has 140 valence electrons. The lowest BCUT2D eigenvalue weighted by Gasteiger charge is -2.14. The highest BCUT2D eigenvalue weighted by atomic mass is 32.2. The number of carbonyl (C=O) groups excluding carboxylic acids is 1. The minimum absolute atomic E-state index is 0.108. The van der Waals surface area contributed by atoms with Crippen LogP contribution < -0.4 is 5.32 Å². The number of amides is 1. The van der Waals surface area contributed by atoms with Gasteiger partial charge in [-0.2, -0.15) is 5.26 Å². The van der Waals surface area contributed by atoms with E-state index < -0.39 is 0 Å². The molecule has 1 atom stereocenters. The van der Waals surface area contributed by atoms with Crippen molar-refractivity contribution in [2.24, 2.45) is 0 Å². The van der Waals surface area contributed by atoms with Gasteiger partial charge >= 0.3 is 0 Å². The molecule has 0 aliphatic carbocycles. The van der Waals surface area contributed by atoms with Crippen molar-refractivity contribution in [3.63, 3.8) is 0 Å². The molecule has 28 heavy (non-hydrogen) atoms. The molecule has 0 fully saturated rings. The summed E-state index contributed by atoms with van der Waals surface area (Å²) in [5.74, 6) is -0.318. The van der Waals surface area contributed by atoms with E-state index in [0.717, 1.165) is 11.1 Å². The average Bonchev–Trinajstić information content (AvgIpc) is 2.73. The van der Waals surface area contributed by atoms with Crippen molar-refractivity contribution < 1.29 is 9.18 Å². The van der Waals surface area contributed by atoms with Gasteiger partial charge in [-0.15, -0.1) is 0 Å². The fraction of sp³-hybridized carbons (Fsp3) is 0.136. The largest absolute Gasteiger partial charge is 0.349 e. The van der Waals surface area contributed by atoms with Crippen LogP contribution in [0.5, 0.6) is 0 Å². The maximum atomic E-state index is 13.1. The third-order valence-electron chi connectivity index (χ3n) is 4.14. The fourth-order valence-electron chi connectivity index (χ4n) is 2.66. The van der Waals surface area contributed by atoms with Gasteiger partial charge < -0.3 is 5.32 Å². The first-order valence-electron chi connectivity index (χ1n) is 8.71. The molecule has 2 aromatic carbocycles. The summed E-state index contributed by atoms with van der Waals surface area (Å²) >= 11 is 1.21. The molecule has 0 saturated carbocycles. The van der Waals surface area contributed by atoms with Gasteiger partial charge in [-0.05, 0) is 48.9 Å². The van der Waals surface area contributed by atoms with Gasteiger partial charge in [0.1, 0.15) is 16.9 Å². The maximum absolute atomic E-state index is 13.1. The van der Waals surface area contributed by atoms with Gasteiger partial charge in [-0.3, -0.25) is 4.79 Å². The highest BCUT2D eigenvalue weighted by Crippen LogP contribution is 2.25. The van der Waals surface area contributed by atoms with Crippen molar-refractivity contribution in [3.8, 4) is 17.3 Å². The number of aromatic nitrogens is 1. The van der Waals surface area contributed by atoms with Crippen molar-refractivity contribution in [2.75, 3.05) is 5.75 Å². The van der Waals surface area contributed by atoms with Crippen LogP contribution in [0.1, 0.15) is 24.1 Å². The van der Waals surface area contributed by atoms with Crippen molar-refractivity contribution in [3.05, 3.63) is 83.7 Å². The molecule has 3 rings (SSSR count). The predicted octanol–water partition coefficient (Wildman–Crippen LogP) is 4.73. The smallest absolute Gasteiger partial charge is 0.230 e. The maximum Gasteiger partial charge on any atom is 0.230 e. The van der Waals surface area contributed by atoms with E-state index in [-0.39, 0.29) is 23.5 Å². The van der Waals surface area contributed by atoms with E-state index in [1.54, 1.807) is 24.3 Å². The topological polar surface area (TPSA) is 65.8 Å². The van der Waals surface area contributed by atoms with Gasteiger partial charge in [0.15, 0.2) is 0 Å². The molecule has 0 saturated heterocycles. The lowest BCUT2D eigenvalue weighted by Crippen LogP contribution is -2.28. The number of nitrogens with zero attached hydrogens (tertiary/aromatic N) is 2. The Kier molecular flexibility index (Phi) is 6.41. The van der Waals surface area contributed by atoms with E-state index >= 15 is 0 Å². The zero-order valence-corrected chi connectivity index (χ0v) is 16.0. The SMILES string of the molecule is CC(NC(=O)CSc1nc(-c2ccc(F)cc2)ccc1C#N)c1ccccc1. The zero-order chi connectivity index (χ0) is 19.9. The van der Waals surface area contributed by atoms with E-state index in [1.165, 1.54) is 23.9 Å². The molecule has 3 aromatic rings. The van der Waals surface area contributed by atoms with E-state index in [4.69, 9.17) is 0 Å². The molecule has 1 amide bonds. The first-order chi connectivity index (χ1) is 13.6. The number of carbonyl (C=O) groups is 1. The van der Waals surface area contributed by atoms with Crippen LogP contribution >= 0.6 is 11.8 Å². The molecule has 0 radical (unpaired) electrons. The summed E-state index contributed by atoms with van der Waals surface area (Å²) in [5.41, 5.74) is 2.80. The monoisotopic (exact) mass is 391 g/mol. The summed E-state index contributed by atoms with van der Waals surface area (Å²) in [6.45, 7) is 1.92. The lowest BCUT2D eigenvalue weighted by molar-refractivity contribution is -0.119. The Labute approximate surface area is 167 Å². The third kappa shape index (κ3) is 4.96. The summed E-state index contributed by atoms with van der Waals surface area (Å²) in [5, 5.41) is 12.7. The molecule has 1 heterocycles. The van der Waals surface area contributed by atoms with Crippen LogP contribution in [-0.4, -0.2) is 16.6 Å². The molecule has 0 aliphatic rings. The molecule has 0 bridgehead atoms. The number of rotatable bonds is 6. The number of hydrogen-bond donors (Lipinski definition) is 1. The Balaban J connectivity index is 1.69. The minimum Gasteiger partial charge on any atom is -0.349 e. The van der Waals surface area contributed by atoms with Crippen molar-refractivity contribution >= 4 is 17.7 Å². The first kappa shape index (κ1) is 19.6. The van der Waals surface area contributed by atoms with Crippen LogP contribution in [0.3, 0.4) is 0 Å². The summed E-state index contributed by atoms with van der Waals surface area (Å²) in [6, 6.07) is 21.1. The van der Waals surface area contributed by atoms with E-state index in [2.05, 4.69) is 16.4 Å². The molecule has 0 aliphatic heterocycles. The van der Waals surface area contributed by atoms with Crippen molar-refractivity contribution in [1.29, 1.82) is 5.26 Å². The average molecular weight is 391 g/mol. The molecular formula is C22H18FN3OS. The van der Waals surface area contributed by atoms with Crippen LogP contribution in [0.25, 0.3) is 11.3 Å². The van der Waals surface area contributed by atoms with Crippen LogP contribution in [0.15, 0.2) is 71.8 Å². The number of benzene rings is 2. The molecule has 1 aromatic heterocycles. The standard InChI is InChI=1S/C22H18FN3OS/c1-15(16-5-3-2-4-6-16)25-21(27)14-28-22-18(13-24)9-12-20(26-22)17-7-10-19(23)11-8-17/h2-12,15H,14H2,1H3,(H,25,27). The summed E-state index contributed by atoms with van der Waals surface area (Å²) in [6.07, 6.45) is 0. The normalized spacial score (nSPS) is 11.5. The molecular weight excluding hydrogens is 373 g/mol. The van der Waals surface area contributed by atoms with Gasteiger partial charge in [0, 0.05) is 5.56 Å². The summed E-state index contributed by atoms with van der Waals surface area (Å²) in [4.78, 5) is 16.8. The highest BCUT2D eigenvalue weighted by molar-refractivity contribution is 8.00. The summed E-state index contributed by atoms with van der Waals surface area (Å²) < 4.78 is 13.1. The second-order valence-corrected chi connectivity index (χ2v) is 7.12. The molecule has 1 unspecified atom stereocenters. The Bertz CT molecular complexity index is 1000. The Morgan fingerprint density at radius 2 is 1.86 bits per heavy atom. The van der Waals surface area contributed by atoms with Gasteiger partial charge in [0.05, 0.1) is 23.1 Å². The second-order valence-electron chi connectivity index (χ2n) is 6.16. The quantitative estimate of drug-likeness (QED) is 0.617. The van der Waals surface area contributed by atoms with Gasteiger partial charge in [-0.25, -0.2) is 9.37 Å². The van der Waals surface area contributed by atoms with Crippen molar-refractivity contribution in [1.82, 2.24) is 10.3 Å². The fourth-order valence-corrected chi connectivity index (χ4v) is 3.44. The third-order valence-corrected chi connectivity index (χ3v) is 5.13. The molecule has 0 spiro atoms. The van der Waals surface area contributed by atoms with E-state index in [1.807, 2.05) is 37.3 Å². The minimum atomic E-state index is -0.323.